The van der Waals surface area contributed by atoms with E-state index in [1.807, 2.05) is 16.4 Å². The number of methoxy groups -OCH3 is 1. The summed E-state index contributed by atoms with van der Waals surface area (Å²) < 4.78 is 65.1. The highest BCUT2D eigenvalue weighted by Crippen LogP contribution is 2.34. The number of halogens is 3. The van der Waals surface area contributed by atoms with Gasteiger partial charge >= 0.3 is 11.8 Å². The lowest BCUT2D eigenvalue weighted by Crippen LogP contribution is -2.49. The van der Waals surface area contributed by atoms with E-state index in [-0.39, 0.29) is 11.0 Å². The van der Waals surface area contributed by atoms with Gasteiger partial charge in [-0.2, -0.15) is 13.2 Å². The lowest BCUT2D eigenvalue weighted by atomic mass is 10.0. The molecular formula is C24H25F3N2O4S. The summed E-state index contributed by atoms with van der Waals surface area (Å²) in [5.41, 5.74) is -0.624. The second kappa shape index (κ2) is 10.5. The topological polar surface area (TPSA) is 69.0 Å². The number of rotatable bonds is 7. The molecule has 2 aromatic carbocycles. The van der Waals surface area contributed by atoms with Crippen LogP contribution in [0.3, 0.4) is 0 Å². The number of piperazine rings is 1. The van der Waals surface area contributed by atoms with Crippen molar-refractivity contribution >= 4 is 22.3 Å². The smallest absolute Gasteiger partial charge is 0.417 e. The molecule has 1 aliphatic rings. The summed E-state index contributed by atoms with van der Waals surface area (Å²) in [6.45, 7) is 4.59. The van der Waals surface area contributed by atoms with Gasteiger partial charge in [0, 0.05) is 38.2 Å². The minimum Gasteiger partial charge on any atom is -0.593 e. The van der Waals surface area contributed by atoms with E-state index in [0.717, 1.165) is 25.2 Å². The zero-order valence-electron chi connectivity index (χ0n) is 18.6. The molecule has 0 aliphatic carbocycles. The second-order valence-electron chi connectivity index (χ2n) is 8.14. The van der Waals surface area contributed by atoms with E-state index in [1.54, 1.807) is 25.3 Å². The fraction of sp³-hybridized carbons (Fsp3) is 0.375. The van der Waals surface area contributed by atoms with E-state index in [2.05, 4.69) is 4.90 Å². The van der Waals surface area contributed by atoms with Crippen molar-refractivity contribution in [3.05, 3.63) is 75.6 Å². The number of hydrogen-bond acceptors (Lipinski definition) is 6. The number of fused-ring (bicyclic) bond motifs is 1. The molecule has 0 radical (unpaired) electrons. The van der Waals surface area contributed by atoms with Gasteiger partial charge in [-0.05, 0) is 41.8 Å². The first-order valence-corrected chi connectivity index (χ1v) is 12.0. The molecule has 1 aliphatic heterocycles. The summed E-state index contributed by atoms with van der Waals surface area (Å²) in [5, 5.41) is -0.146. The molecule has 182 valence electrons. The van der Waals surface area contributed by atoms with Gasteiger partial charge in [-0.3, -0.25) is 4.90 Å². The minimum absolute atomic E-state index is 0.100. The third-order valence-corrected chi connectivity index (χ3v) is 7.33. The van der Waals surface area contributed by atoms with Gasteiger partial charge in [0.05, 0.1) is 36.6 Å². The molecule has 4 rings (SSSR count). The summed E-state index contributed by atoms with van der Waals surface area (Å²) in [4.78, 5) is 14.4. The van der Waals surface area contributed by atoms with Crippen molar-refractivity contribution in [3.63, 3.8) is 0 Å². The fourth-order valence-electron chi connectivity index (χ4n) is 4.00. The molecule has 3 aromatic rings. The Bertz CT molecular complexity index is 1180. The predicted octanol–water partition coefficient (Wildman–Crippen LogP) is 3.69. The van der Waals surface area contributed by atoms with E-state index in [0.29, 0.717) is 42.6 Å². The first kappa shape index (κ1) is 24.7. The zero-order chi connectivity index (χ0) is 24.3. The summed E-state index contributed by atoms with van der Waals surface area (Å²) in [5.74, 6) is 0. The van der Waals surface area contributed by atoms with Crippen molar-refractivity contribution in [2.45, 2.75) is 17.5 Å². The van der Waals surface area contributed by atoms with Crippen LogP contribution in [0.5, 0.6) is 0 Å². The number of benzene rings is 2. The van der Waals surface area contributed by atoms with Crippen LogP contribution < -0.4 is 5.63 Å². The third kappa shape index (κ3) is 5.81. The second-order valence-corrected chi connectivity index (χ2v) is 9.63. The van der Waals surface area contributed by atoms with Crippen LogP contribution in [-0.2, 0) is 28.7 Å². The van der Waals surface area contributed by atoms with E-state index >= 15 is 0 Å². The zero-order valence-corrected chi connectivity index (χ0v) is 19.5. The van der Waals surface area contributed by atoms with Gasteiger partial charge in [0.1, 0.15) is 5.58 Å². The fourth-order valence-corrected chi connectivity index (χ4v) is 5.16. The first-order valence-electron chi connectivity index (χ1n) is 10.9. The van der Waals surface area contributed by atoms with Crippen molar-refractivity contribution in [2.75, 3.05) is 46.4 Å². The molecule has 10 heteroatoms. The molecule has 0 amide bonds. The van der Waals surface area contributed by atoms with Crippen LogP contribution >= 0.6 is 0 Å². The van der Waals surface area contributed by atoms with Gasteiger partial charge in [-0.1, -0.05) is 18.2 Å². The van der Waals surface area contributed by atoms with Crippen LogP contribution in [0.25, 0.3) is 11.0 Å². The van der Waals surface area contributed by atoms with Gasteiger partial charge in [0.15, 0.2) is 4.90 Å². The minimum atomic E-state index is -4.66. The van der Waals surface area contributed by atoms with Crippen LogP contribution in [0.2, 0.25) is 0 Å². The van der Waals surface area contributed by atoms with Crippen molar-refractivity contribution in [1.29, 1.82) is 0 Å². The lowest BCUT2D eigenvalue weighted by Gasteiger charge is -2.33. The van der Waals surface area contributed by atoms with Crippen molar-refractivity contribution in [3.8, 4) is 0 Å². The highest BCUT2D eigenvalue weighted by atomic mass is 32.2. The number of hydrogen-bond donors (Lipinski definition) is 0. The Morgan fingerprint density at radius 1 is 1.03 bits per heavy atom. The van der Waals surface area contributed by atoms with Crippen molar-refractivity contribution in [2.24, 2.45) is 0 Å². The average Bonchev–Trinajstić information content (AvgIpc) is 2.82. The average molecular weight is 495 g/mol. The largest absolute Gasteiger partial charge is 0.593 e. The molecule has 34 heavy (non-hydrogen) atoms. The Morgan fingerprint density at radius 3 is 2.35 bits per heavy atom. The molecule has 1 unspecified atom stereocenters. The monoisotopic (exact) mass is 494 g/mol. The summed E-state index contributed by atoms with van der Waals surface area (Å²) in [6.07, 6.45) is -4.27. The van der Waals surface area contributed by atoms with E-state index in [4.69, 9.17) is 9.15 Å². The molecule has 2 heterocycles. The maximum Gasteiger partial charge on any atom is 0.417 e. The maximum atomic E-state index is 13.4. The van der Waals surface area contributed by atoms with E-state index in [9.17, 15) is 22.5 Å². The van der Waals surface area contributed by atoms with Crippen molar-refractivity contribution in [1.82, 2.24) is 9.21 Å². The molecule has 1 fully saturated rings. The van der Waals surface area contributed by atoms with Crippen LogP contribution in [0.4, 0.5) is 13.2 Å². The van der Waals surface area contributed by atoms with E-state index in [1.165, 1.54) is 12.1 Å². The molecule has 1 atom stereocenters. The van der Waals surface area contributed by atoms with Gasteiger partial charge < -0.3 is 13.7 Å². The molecular weight excluding hydrogens is 469 g/mol. The molecule has 6 nitrogen and oxygen atoms in total. The molecule has 0 N–H and O–H groups in total. The highest BCUT2D eigenvalue weighted by molar-refractivity contribution is 7.89. The molecule has 0 bridgehead atoms. The molecule has 0 spiro atoms. The van der Waals surface area contributed by atoms with Gasteiger partial charge in [-0.25, -0.2) is 4.79 Å². The highest BCUT2D eigenvalue weighted by Gasteiger charge is 2.34. The number of ether oxygens (including phenoxy) is 1. The Balaban J connectivity index is 1.45. The summed E-state index contributed by atoms with van der Waals surface area (Å²) in [7, 11) is 1.67. The first-order chi connectivity index (χ1) is 16.2. The van der Waals surface area contributed by atoms with Crippen LogP contribution in [0.15, 0.2) is 62.6 Å². The Hall–Kier alpha value is -2.37. The number of alkyl halides is 3. The molecule has 0 saturated carbocycles. The van der Waals surface area contributed by atoms with E-state index < -0.39 is 28.7 Å². The SMILES string of the molecule is COCCN1CCN([S+]([O-])c2ccc(Cc3ccc4oc(=O)cc(C(F)(F)F)c4c3)cc2)CC1. The Kier molecular flexibility index (Phi) is 7.63. The molecule has 1 saturated heterocycles. The van der Waals surface area contributed by atoms with Gasteiger partial charge in [-0.15, -0.1) is 4.31 Å². The van der Waals surface area contributed by atoms with Crippen molar-refractivity contribution < 1.29 is 26.9 Å². The standard InChI is InChI=1S/C24H25F3N2O4S/c1-32-13-12-28-8-10-29(11-9-28)34(31)19-5-2-17(3-6-19)14-18-4-7-22-20(15-18)21(24(25,26)27)16-23(30)33-22/h2-7,15-16H,8-14H2,1H3. The molecule has 1 aromatic heterocycles. The van der Waals surface area contributed by atoms with Gasteiger partial charge in [0.2, 0.25) is 0 Å². The van der Waals surface area contributed by atoms with Crippen LogP contribution in [0, 0.1) is 0 Å². The van der Waals surface area contributed by atoms with Crippen LogP contribution in [-0.4, -0.2) is 60.2 Å². The quantitative estimate of drug-likeness (QED) is 0.369. The predicted molar refractivity (Wildman–Crippen MR) is 123 cm³/mol. The Labute approximate surface area is 198 Å². The normalized spacial score (nSPS) is 16.7. The summed E-state index contributed by atoms with van der Waals surface area (Å²) >= 11 is -1.27. The lowest BCUT2D eigenvalue weighted by molar-refractivity contribution is -0.136. The third-order valence-electron chi connectivity index (χ3n) is 5.82. The number of nitrogens with zero attached hydrogens (tertiary/aromatic N) is 2. The van der Waals surface area contributed by atoms with Gasteiger partial charge in [0.25, 0.3) is 0 Å². The van der Waals surface area contributed by atoms with Crippen LogP contribution in [0.1, 0.15) is 16.7 Å². The maximum absolute atomic E-state index is 13.4. The Morgan fingerprint density at radius 2 is 1.71 bits per heavy atom. The summed E-state index contributed by atoms with van der Waals surface area (Å²) in [6, 6.07) is 12.2.